The maximum Gasteiger partial charge on any atom is 0.226 e. The van der Waals surface area contributed by atoms with E-state index in [1.165, 1.54) is 19.3 Å². The number of carbonyl (C=O) groups is 1. The number of amides is 1. The van der Waals surface area contributed by atoms with E-state index in [-0.39, 0.29) is 5.92 Å². The Balaban J connectivity index is 2.44. The summed E-state index contributed by atoms with van der Waals surface area (Å²) in [5.41, 5.74) is 0. The Kier molecular flexibility index (Phi) is 5.26. The lowest BCUT2D eigenvalue weighted by molar-refractivity contribution is -0.136. The molecule has 0 radical (unpaired) electrons. The molecule has 0 aromatic rings. The lowest BCUT2D eigenvalue weighted by atomic mass is 9.84. The highest BCUT2D eigenvalue weighted by molar-refractivity contribution is 5.79. The third kappa shape index (κ3) is 3.48. The van der Waals surface area contributed by atoms with Crippen LogP contribution in [0.1, 0.15) is 33.1 Å². The first-order chi connectivity index (χ1) is 7.56. The highest BCUT2D eigenvalue weighted by Gasteiger charge is 2.27. The van der Waals surface area contributed by atoms with Crippen molar-refractivity contribution in [3.05, 3.63) is 0 Å². The molecule has 3 heteroatoms. The lowest BCUT2D eigenvalue weighted by Crippen LogP contribution is -2.42. The predicted octanol–water partition coefficient (Wildman–Crippen LogP) is 1.74. The molecular weight excluding hydrogens is 200 g/mol. The molecule has 0 aliphatic heterocycles. The van der Waals surface area contributed by atoms with Crippen LogP contribution in [0.4, 0.5) is 0 Å². The van der Waals surface area contributed by atoms with Crippen LogP contribution >= 0.6 is 0 Å². The number of carbonyl (C=O) groups excluding carboxylic acids is 1. The largest absolute Gasteiger partial charge is 0.345 e. The van der Waals surface area contributed by atoms with Crippen molar-refractivity contribution in [1.29, 1.82) is 0 Å². The fraction of sp³-hybridized carbons (Fsp3) is 0.923. The van der Waals surface area contributed by atoms with Crippen LogP contribution < -0.4 is 5.32 Å². The second-order valence-corrected chi connectivity index (χ2v) is 5.42. The van der Waals surface area contributed by atoms with Gasteiger partial charge in [-0.15, -0.1) is 0 Å². The monoisotopic (exact) mass is 226 g/mol. The molecule has 1 aliphatic rings. The second-order valence-electron chi connectivity index (χ2n) is 5.42. The average Bonchev–Trinajstić information content (AvgIpc) is 2.18. The molecule has 0 aromatic carbocycles. The summed E-state index contributed by atoms with van der Waals surface area (Å²) in [6.45, 7) is 5.98. The zero-order valence-corrected chi connectivity index (χ0v) is 11.1. The second kappa shape index (κ2) is 6.24. The third-order valence-electron chi connectivity index (χ3n) is 3.68. The van der Waals surface area contributed by atoms with Crippen LogP contribution in [-0.2, 0) is 4.79 Å². The molecule has 3 nitrogen and oxygen atoms in total. The van der Waals surface area contributed by atoms with Gasteiger partial charge in [0.15, 0.2) is 0 Å². The van der Waals surface area contributed by atoms with Crippen molar-refractivity contribution in [3.8, 4) is 0 Å². The van der Waals surface area contributed by atoms with Crippen molar-refractivity contribution in [2.75, 3.05) is 27.2 Å². The van der Waals surface area contributed by atoms with E-state index in [4.69, 9.17) is 0 Å². The number of rotatable bonds is 6. The van der Waals surface area contributed by atoms with E-state index in [9.17, 15) is 4.79 Å². The molecule has 1 N–H and O–H groups in total. The first kappa shape index (κ1) is 13.5. The Bertz CT molecular complexity index is 224. The lowest BCUT2D eigenvalue weighted by Gasteiger charge is -2.33. The normalized spacial score (nSPS) is 18.3. The Labute approximate surface area is 99.6 Å². The maximum absolute atomic E-state index is 12.2. The molecule has 1 aliphatic carbocycles. The van der Waals surface area contributed by atoms with Crippen molar-refractivity contribution in [2.45, 2.75) is 33.1 Å². The van der Waals surface area contributed by atoms with E-state index < -0.39 is 0 Å². The molecule has 1 fully saturated rings. The Morgan fingerprint density at radius 3 is 2.44 bits per heavy atom. The molecule has 1 atom stereocenters. The molecule has 1 rings (SSSR count). The van der Waals surface area contributed by atoms with Crippen LogP contribution in [0.3, 0.4) is 0 Å². The van der Waals surface area contributed by atoms with Crippen LogP contribution in [0, 0.1) is 17.8 Å². The van der Waals surface area contributed by atoms with Gasteiger partial charge in [-0.3, -0.25) is 4.79 Å². The minimum Gasteiger partial charge on any atom is -0.345 e. The molecule has 16 heavy (non-hydrogen) atoms. The highest BCUT2D eigenvalue weighted by atomic mass is 16.2. The topological polar surface area (TPSA) is 32.3 Å². The van der Waals surface area contributed by atoms with Crippen LogP contribution in [0.2, 0.25) is 0 Å². The minimum atomic E-state index is 0.120. The standard InChI is InChI=1S/C13H26N2O/c1-10(2)12(8-14-3)13(16)15(4)9-11-6-5-7-11/h10-12,14H,5-9H2,1-4H3. The molecule has 94 valence electrons. The van der Waals surface area contributed by atoms with Gasteiger partial charge in [0.1, 0.15) is 0 Å². The number of nitrogens with zero attached hydrogens (tertiary/aromatic N) is 1. The summed E-state index contributed by atoms with van der Waals surface area (Å²) >= 11 is 0. The molecule has 0 bridgehead atoms. The van der Waals surface area contributed by atoms with Crippen LogP contribution in [-0.4, -0.2) is 38.0 Å². The summed E-state index contributed by atoms with van der Waals surface area (Å²) in [5.74, 6) is 1.59. The van der Waals surface area contributed by atoms with Gasteiger partial charge in [0.25, 0.3) is 0 Å². The minimum absolute atomic E-state index is 0.120. The fourth-order valence-electron chi connectivity index (χ4n) is 2.26. The van der Waals surface area contributed by atoms with Gasteiger partial charge in [-0.25, -0.2) is 0 Å². The van der Waals surface area contributed by atoms with E-state index >= 15 is 0 Å². The zero-order valence-electron chi connectivity index (χ0n) is 11.1. The van der Waals surface area contributed by atoms with Gasteiger partial charge < -0.3 is 10.2 Å². The average molecular weight is 226 g/mol. The summed E-state index contributed by atoms with van der Waals surface area (Å²) in [5, 5.41) is 3.12. The van der Waals surface area contributed by atoms with Gasteiger partial charge in [-0.2, -0.15) is 0 Å². The third-order valence-corrected chi connectivity index (χ3v) is 3.68. The first-order valence-electron chi connectivity index (χ1n) is 6.45. The summed E-state index contributed by atoms with van der Waals surface area (Å²) in [6.07, 6.45) is 3.95. The Morgan fingerprint density at radius 2 is 2.06 bits per heavy atom. The number of hydrogen-bond acceptors (Lipinski definition) is 2. The van der Waals surface area contributed by atoms with Crippen molar-refractivity contribution >= 4 is 5.91 Å². The molecule has 0 saturated heterocycles. The van der Waals surface area contributed by atoms with E-state index in [0.717, 1.165) is 19.0 Å². The predicted molar refractivity (Wildman–Crippen MR) is 67.2 cm³/mol. The van der Waals surface area contributed by atoms with Gasteiger partial charge in [-0.1, -0.05) is 20.3 Å². The number of nitrogens with one attached hydrogen (secondary N) is 1. The van der Waals surface area contributed by atoms with Crippen molar-refractivity contribution in [2.24, 2.45) is 17.8 Å². The van der Waals surface area contributed by atoms with Crippen LogP contribution in [0.15, 0.2) is 0 Å². The maximum atomic E-state index is 12.2. The highest BCUT2D eigenvalue weighted by Crippen LogP contribution is 2.27. The van der Waals surface area contributed by atoms with Gasteiger partial charge >= 0.3 is 0 Å². The van der Waals surface area contributed by atoms with Crippen molar-refractivity contribution in [1.82, 2.24) is 10.2 Å². The summed E-state index contributed by atoms with van der Waals surface area (Å²) in [6, 6.07) is 0. The molecule has 1 unspecified atom stereocenters. The van der Waals surface area contributed by atoms with E-state index in [2.05, 4.69) is 19.2 Å². The quantitative estimate of drug-likeness (QED) is 0.748. The van der Waals surface area contributed by atoms with E-state index in [1.807, 2.05) is 19.0 Å². The smallest absolute Gasteiger partial charge is 0.226 e. The Morgan fingerprint density at radius 1 is 1.44 bits per heavy atom. The van der Waals surface area contributed by atoms with Crippen LogP contribution in [0.25, 0.3) is 0 Å². The number of hydrogen-bond donors (Lipinski definition) is 1. The zero-order chi connectivity index (χ0) is 12.1. The molecule has 0 spiro atoms. The summed E-state index contributed by atoms with van der Waals surface area (Å²) < 4.78 is 0. The Hall–Kier alpha value is -0.570. The van der Waals surface area contributed by atoms with E-state index in [1.54, 1.807) is 0 Å². The van der Waals surface area contributed by atoms with Crippen molar-refractivity contribution in [3.63, 3.8) is 0 Å². The van der Waals surface area contributed by atoms with E-state index in [0.29, 0.717) is 11.8 Å². The SMILES string of the molecule is CNCC(C(=O)N(C)CC1CCC1)C(C)C. The van der Waals surface area contributed by atoms with Crippen LogP contribution in [0.5, 0.6) is 0 Å². The molecule has 0 heterocycles. The molecule has 1 amide bonds. The van der Waals surface area contributed by atoms with Gasteiger partial charge in [0.05, 0.1) is 5.92 Å². The molecular formula is C13H26N2O. The summed E-state index contributed by atoms with van der Waals surface area (Å²) in [7, 11) is 3.86. The first-order valence-corrected chi connectivity index (χ1v) is 6.45. The molecule has 1 saturated carbocycles. The van der Waals surface area contributed by atoms with Gasteiger partial charge in [0, 0.05) is 20.1 Å². The van der Waals surface area contributed by atoms with Crippen molar-refractivity contribution < 1.29 is 4.79 Å². The molecule has 0 aromatic heterocycles. The van der Waals surface area contributed by atoms with Gasteiger partial charge in [-0.05, 0) is 31.7 Å². The fourth-order valence-corrected chi connectivity index (χ4v) is 2.26. The van der Waals surface area contributed by atoms with Gasteiger partial charge in [0.2, 0.25) is 5.91 Å². The summed E-state index contributed by atoms with van der Waals surface area (Å²) in [4.78, 5) is 14.2.